The third-order valence-corrected chi connectivity index (χ3v) is 2.99. The third-order valence-electron chi connectivity index (χ3n) is 2.78. The zero-order chi connectivity index (χ0) is 13.2. The van der Waals surface area contributed by atoms with Gasteiger partial charge in [-0.05, 0) is 36.4 Å². The Morgan fingerprint density at radius 3 is 2.63 bits per heavy atom. The molecule has 3 rings (SSSR count). The van der Waals surface area contributed by atoms with Crippen molar-refractivity contribution in [3.8, 4) is 0 Å². The van der Waals surface area contributed by atoms with Gasteiger partial charge in [-0.3, -0.25) is 4.98 Å². The van der Waals surface area contributed by atoms with Crippen molar-refractivity contribution in [1.82, 2.24) is 9.97 Å². The first kappa shape index (κ1) is 11.7. The summed E-state index contributed by atoms with van der Waals surface area (Å²) in [6.07, 6.45) is 3.39. The molecule has 3 aromatic rings. The number of nitrogens with zero attached hydrogens (tertiary/aromatic N) is 2. The number of hydrogen-bond donors (Lipinski definition) is 2. The van der Waals surface area contributed by atoms with Gasteiger partial charge in [0.25, 0.3) is 0 Å². The molecule has 0 unspecified atom stereocenters. The number of halogens is 1. The summed E-state index contributed by atoms with van der Waals surface area (Å²) in [4.78, 5) is 8.28. The Labute approximate surface area is 115 Å². The Morgan fingerprint density at radius 2 is 1.84 bits per heavy atom. The monoisotopic (exact) mass is 270 g/mol. The van der Waals surface area contributed by atoms with E-state index >= 15 is 0 Å². The van der Waals surface area contributed by atoms with Gasteiger partial charge in [0.05, 0.1) is 11.7 Å². The van der Waals surface area contributed by atoms with Crippen molar-refractivity contribution in [2.24, 2.45) is 0 Å². The first-order chi connectivity index (χ1) is 9.22. The van der Waals surface area contributed by atoms with Crippen LogP contribution in [0.3, 0.4) is 0 Å². The second kappa shape index (κ2) is 4.74. The number of nitrogens with two attached hydrogens (primary N) is 1. The largest absolute Gasteiger partial charge is 0.399 e. The molecule has 4 nitrogen and oxygen atoms in total. The van der Waals surface area contributed by atoms with Gasteiger partial charge >= 0.3 is 0 Å². The number of anilines is 3. The Balaban J connectivity index is 2.05. The van der Waals surface area contributed by atoms with Crippen LogP contribution < -0.4 is 11.1 Å². The lowest BCUT2D eigenvalue weighted by Crippen LogP contribution is -1.93. The lowest BCUT2D eigenvalue weighted by Gasteiger charge is -2.09. The number of benzene rings is 1. The molecule has 0 saturated carbocycles. The summed E-state index contributed by atoms with van der Waals surface area (Å²) in [6, 6.07) is 11.2. The van der Waals surface area contributed by atoms with Crippen LogP contribution in [0.2, 0.25) is 5.15 Å². The molecule has 0 spiro atoms. The number of nitrogen functional groups attached to an aromatic ring is 1. The summed E-state index contributed by atoms with van der Waals surface area (Å²) in [5.41, 5.74) is 9.08. The molecule has 0 fully saturated rings. The fourth-order valence-corrected chi connectivity index (χ4v) is 2.01. The van der Waals surface area contributed by atoms with Crippen LogP contribution in [0.1, 0.15) is 0 Å². The van der Waals surface area contributed by atoms with Crippen LogP contribution in [-0.4, -0.2) is 9.97 Å². The maximum atomic E-state index is 5.93. The Kier molecular flexibility index (Phi) is 2.93. The Hall–Kier alpha value is -2.33. The van der Waals surface area contributed by atoms with Crippen LogP contribution >= 0.6 is 11.6 Å². The molecular weight excluding hydrogens is 260 g/mol. The van der Waals surface area contributed by atoms with Crippen molar-refractivity contribution >= 4 is 39.6 Å². The first-order valence-corrected chi connectivity index (χ1v) is 6.13. The maximum absolute atomic E-state index is 5.93. The molecular formula is C14H11ClN4. The Morgan fingerprint density at radius 1 is 1.05 bits per heavy atom. The van der Waals surface area contributed by atoms with Crippen LogP contribution in [-0.2, 0) is 0 Å². The van der Waals surface area contributed by atoms with Crippen molar-refractivity contribution in [3.63, 3.8) is 0 Å². The molecule has 2 heterocycles. The van der Waals surface area contributed by atoms with Gasteiger partial charge in [-0.2, -0.15) is 0 Å². The van der Waals surface area contributed by atoms with E-state index in [1.165, 1.54) is 0 Å². The lowest BCUT2D eigenvalue weighted by molar-refractivity contribution is 1.31. The zero-order valence-corrected chi connectivity index (χ0v) is 10.7. The molecule has 94 valence electrons. The van der Waals surface area contributed by atoms with Crippen molar-refractivity contribution in [3.05, 3.63) is 53.9 Å². The van der Waals surface area contributed by atoms with E-state index in [1.807, 2.05) is 30.3 Å². The van der Waals surface area contributed by atoms with Gasteiger partial charge in [0.15, 0.2) is 0 Å². The average Bonchev–Trinajstić information content (AvgIpc) is 2.42. The highest BCUT2D eigenvalue weighted by Gasteiger charge is 2.04. The molecule has 0 aliphatic heterocycles. The number of rotatable bonds is 2. The van der Waals surface area contributed by atoms with E-state index in [-0.39, 0.29) is 0 Å². The minimum absolute atomic E-state index is 0.445. The summed E-state index contributed by atoms with van der Waals surface area (Å²) >= 11 is 5.93. The predicted octanol–water partition coefficient (Wildman–Crippen LogP) is 3.61. The number of aromatic nitrogens is 2. The van der Waals surface area contributed by atoms with Crippen molar-refractivity contribution in [1.29, 1.82) is 0 Å². The first-order valence-electron chi connectivity index (χ1n) is 5.75. The van der Waals surface area contributed by atoms with Crippen LogP contribution in [0.5, 0.6) is 0 Å². The molecule has 0 atom stereocenters. The molecule has 0 aliphatic rings. The average molecular weight is 271 g/mol. The van der Waals surface area contributed by atoms with E-state index in [2.05, 4.69) is 15.3 Å². The molecule has 3 N–H and O–H groups in total. The third kappa shape index (κ3) is 2.44. The fourth-order valence-electron chi connectivity index (χ4n) is 1.85. The minimum atomic E-state index is 0.445. The number of nitrogens with one attached hydrogen (secondary N) is 1. The van der Waals surface area contributed by atoms with Crippen LogP contribution in [0.15, 0.2) is 48.8 Å². The van der Waals surface area contributed by atoms with E-state index in [0.29, 0.717) is 5.15 Å². The molecule has 2 aromatic heterocycles. The van der Waals surface area contributed by atoms with Gasteiger partial charge in [0.2, 0.25) is 0 Å². The van der Waals surface area contributed by atoms with E-state index in [0.717, 1.165) is 28.0 Å². The molecule has 0 saturated heterocycles. The molecule has 0 amide bonds. The Bertz CT molecular complexity index is 725. The van der Waals surface area contributed by atoms with Gasteiger partial charge in [0.1, 0.15) is 5.15 Å². The van der Waals surface area contributed by atoms with Crippen molar-refractivity contribution in [2.45, 2.75) is 0 Å². The van der Waals surface area contributed by atoms with E-state index in [1.54, 1.807) is 18.5 Å². The van der Waals surface area contributed by atoms with Crippen molar-refractivity contribution in [2.75, 3.05) is 11.1 Å². The second-order valence-electron chi connectivity index (χ2n) is 4.13. The SMILES string of the molecule is Nc1ccc(Nc2ccnc3cnc(Cl)cc23)cc1. The fraction of sp³-hybridized carbons (Fsp3) is 0. The standard InChI is InChI=1S/C14H11ClN4/c15-14-7-11-12(5-6-17-13(11)8-18-14)19-10-3-1-9(16)2-4-10/h1-8H,16H2,(H,17,19). The maximum Gasteiger partial charge on any atom is 0.129 e. The summed E-state index contributed by atoms with van der Waals surface area (Å²) in [5.74, 6) is 0. The number of pyridine rings is 2. The highest BCUT2D eigenvalue weighted by molar-refractivity contribution is 6.30. The minimum Gasteiger partial charge on any atom is -0.399 e. The summed E-state index contributed by atoms with van der Waals surface area (Å²) in [5, 5.41) is 4.69. The van der Waals surface area contributed by atoms with Gasteiger partial charge in [0, 0.05) is 28.6 Å². The molecule has 0 bridgehead atoms. The molecule has 19 heavy (non-hydrogen) atoms. The highest BCUT2D eigenvalue weighted by atomic mass is 35.5. The summed E-state index contributed by atoms with van der Waals surface area (Å²) in [7, 11) is 0. The normalized spacial score (nSPS) is 10.6. The number of hydrogen-bond acceptors (Lipinski definition) is 4. The van der Waals surface area contributed by atoms with Gasteiger partial charge in [-0.15, -0.1) is 0 Å². The molecule has 1 aromatic carbocycles. The zero-order valence-electron chi connectivity index (χ0n) is 9.97. The smallest absolute Gasteiger partial charge is 0.129 e. The summed E-state index contributed by atoms with van der Waals surface area (Å²) in [6.45, 7) is 0. The van der Waals surface area contributed by atoms with Gasteiger partial charge < -0.3 is 11.1 Å². The summed E-state index contributed by atoms with van der Waals surface area (Å²) < 4.78 is 0. The lowest BCUT2D eigenvalue weighted by atomic mass is 10.2. The van der Waals surface area contributed by atoms with E-state index < -0.39 is 0 Å². The quantitative estimate of drug-likeness (QED) is 0.551. The van der Waals surface area contributed by atoms with E-state index in [9.17, 15) is 0 Å². The number of fused-ring (bicyclic) bond motifs is 1. The van der Waals surface area contributed by atoms with Crippen LogP contribution in [0, 0.1) is 0 Å². The predicted molar refractivity (Wildman–Crippen MR) is 78.7 cm³/mol. The van der Waals surface area contributed by atoms with Crippen LogP contribution in [0.25, 0.3) is 10.9 Å². The topological polar surface area (TPSA) is 63.8 Å². The van der Waals surface area contributed by atoms with Gasteiger partial charge in [-0.25, -0.2) is 4.98 Å². The molecule has 5 heteroatoms. The molecule has 0 radical (unpaired) electrons. The highest BCUT2D eigenvalue weighted by Crippen LogP contribution is 2.26. The molecule has 0 aliphatic carbocycles. The second-order valence-corrected chi connectivity index (χ2v) is 4.52. The van der Waals surface area contributed by atoms with E-state index in [4.69, 9.17) is 17.3 Å². The van der Waals surface area contributed by atoms with Crippen LogP contribution in [0.4, 0.5) is 17.1 Å². The van der Waals surface area contributed by atoms with Gasteiger partial charge in [-0.1, -0.05) is 11.6 Å². The van der Waals surface area contributed by atoms with Crippen molar-refractivity contribution < 1.29 is 0 Å².